The summed E-state index contributed by atoms with van der Waals surface area (Å²) in [5, 5.41) is 13.7. The van der Waals surface area contributed by atoms with Gasteiger partial charge in [0.1, 0.15) is 6.10 Å². The second kappa shape index (κ2) is 7.62. The van der Waals surface area contributed by atoms with Crippen molar-refractivity contribution in [3.63, 3.8) is 0 Å². The van der Waals surface area contributed by atoms with Gasteiger partial charge in [-0.1, -0.05) is 6.08 Å². The fraction of sp³-hybridized carbons (Fsp3) is 0.615. The number of hydrogen-bond acceptors (Lipinski definition) is 6. The minimum atomic E-state index is -0.413. The molecule has 2 fully saturated rings. The first-order valence-electron chi connectivity index (χ1n) is 6.65. The highest BCUT2D eigenvalue weighted by atomic mass is 16.6. The van der Waals surface area contributed by atoms with E-state index in [4.69, 9.17) is 14.7 Å². The van der Waals surface area contributed by atoms with Crippen LogP contribution in [0.5, 0.6) is 0 Å². The van der Waals surface area contributed by atoms with E-state index >= 15 is 0 Å². The van der Waals surface area contributed by atoms with Gasteiger partial charge in [-0.05, 0) is 0 Å². The van der Waals surface area contributed by atoms with Crippen LogP contribution in [0.2, 0.25) is 0 Å². The Morgan fingerprint density at radius 1 is 1.45 bits per heavy atom. The molecule has 0 saturated carbocycles. The van der Waals surface area contributed by atoms with Gasteiger partial charge in [0.25, 0.3) is 0 Å². The van der Waals surface area contributed by atoms with Gasteiger partial charge >= 0.3 is 6.09 Å². The summed E-state index contributed by atoms with van der Waals surface area (Å²) in [5.74, 6) is 0. The molecule has 2 heterocycles. The Morgan fingerprint density at radius 2 is 2.25 bits per heavy atom. The van der Waals surface area contributed by atoms with Crippen LogP contribution in [0.15, 0.2) is 17.3 Å². The van der Waals surface area contributed by atoms with Crippen molar-refractivity contribution in [2.24, 2.45) is 5.10 Å². The van der Waals surface area contributed by atoms with Gasteiger partial charge in [-0.2, -0.15) is 15.4 Å². The molecule has 0 spiro atoms. The summed E-state index contributed by atoms with van der Waals surface area (Å²) in [6.07, 6.45) is 4.61. The Balaban J connectivity index is 1.75. The van der Waals surface area contributed by atoms with Gasteiger partial charge in [-0.25, -0.2) is 4.79 Å². The monoisotopic (exact) mass is 278 g/mol. The van der Waals surface area contributed by atoms with E-state index in [1.807, 2.05) is 6.07 Å². The fourth-order valence-electron chi connectivity index (χ4n) is 2.10. The van der Waals surface area contributed by atoms with Crippen LogP contribution in [-0.2, 0) is 9.47 Å². The van der Waals surface area contributed by atoms with Gasteiger partial charge in [0.05, 0.1) is 25.8 Å². The van der Waals surface area contributed by atoms with Crippen molar-refractivity contribution >= 4 is 12.3 Å². The molecule has 0 N–H and O–H groups in total. The standard InChI is InChI=1S/C13H18N4O3/c14-4-2-1-3-5-15-17-11-12(20-13(17)18)10-16-6-8-19-9-7-16/h1-2,5,12H,3,6-11H2/b2-1?,15-5+. The third-order valence-electron chi connectivity index (χ3n) is 3.08. The summed E-state index contributed by atoms with van der Waals surface area (Å²) >= 11 is 0. The Hall–Kier alpha value is -1.91. The number of morpholine rings is 1. The zero-order valence-corrected chi connectivity index (χ0v) is 11.3. The van der Waals surface area contributed by atoms with Gasteiger partial charge < -0.3 is 9.47 Å². The third-order valence-corrected chi connectivity index (χ3v) is 3.08. The number of hydrazone groups is 1. The highest BCUT2D eigenvalue weighted by Crippen LogP contribution is 2.13. The summed E-state index contributed by atoms with van der Waals surface area (Å²) in [6, 6.07) is 1.89. The van der Waals surface area contributed by atoms with Gasteiger partial charge in [0.2, 0.25) is 0 Å². The van der Waals surface area contributed by atoms with Crippen molar-refractivity contribution in [3.8, 4) is 6.07 Å². The zero-order chi connectivity index (χ0) is 14.2. The maximum atomic E-state index is 11.6. The summed E-state index contributed by atoms with van der Waals surface area (Å²) < 4.78 is 10.6. The number of hydrogen-bond donors (Lipinski definition) is 0. The molecule has 0 aromatic rings. The van der Waals surface area contributed by atoms with Crippen LogP contribution < -0.4 is 0 Å². The quantitative estimate of drug-likeness (QED) is 0.543. The largest absolute Gasteiger partial charge is 0.441 e. The lowest BCUT2D eigenvalue weighted by molar-refractivity contribution is 0.0188. The predicted octanol–water partition coefficient (Wildman–Crippen LogP) is 0.595. The number of cyclic esters (lactones) is 1. The van der Waals surface area contributed by atoms with Crippen molar-refractivity contribution in [2.75, 3.05) is 39.4 Å². The molecule has 0 aliphatic carbocycles. The van der Waals surface area contributed by atoms with E-state index in [1.165, 1.54) is 11.1 Å². The molecule has 20 heavy (non-hydrogen) atoms. The maximum Gasteiger partial charge on any atom is 0.430 e. The molecule has 2 aliphatic heterocycles. The van der Waals surface area contributed by atoms with Crippen LogP contribution in [0, 0.1) is 11.3 Å². The minimum Gasteiger partial charge on any atom is -0.441 e. The highest BCUT2D eigenvalue weighted by Gasteiger charge is 2.32. The van der Waals surface area contributed by atoms with E-state index in [-0.39, 0.29) is 6.10 Å². The molecule has 2 saturated heterocycles. The van der Waals surface area contributed by atoms with Gasteiger partial charge in [-0.15, -0.1) is 0 Å². The lowest BCUT2D eigenvalue weighted by Gasteiger charge is -2.27. The van der Waals surface area contributed by atoms with Crippen molar-refractivity contribution in [1.82, 2.24) is 9.91 Å². The summed E-state index contributed by atoms with van der Waals surface area (Å²) in [6.45, 7) is 4.39. The molecule has 0 radical (unpaired) electrons. The van der Waals surface area contributed by atoms with Crippen LogP contribution in [0.25, 0.3) is 0 Å². The first-order valence-corrected chi connectivity index (χ1v) is 6.65. The molecule has 1 atom stereocenters. The molecule has 2 aliphatic rings. The van der Waals surface area contributed by atoms with Gasteiger partial charge in [-0.3, -0.25) is 4.90 Å². The molecule has 7 nitrogen and oxygen atoms in total. The molecule has 1 amide bonds. The average molecular weight is 278 g/mol. The van der Waals surface area contributed by atoms with E-state index in [0.717, 1.165) is 32.8 Å². The second-order valence-corrected chi connectivity index (χ2v) is 4.57. The molecule has 0 aromatic heterocycles. The Bertz CT molecular complexity index is 424. The first kappa shape index (κ1) is 14.5. The number of nitrogens with zero attached hydrogens (tertiary/aromatic N) is 4. The lowest BCUT2D eigenvalue weighted by atomic mass is 10.3. The molecule has 0 bridgehead atoms. The molecule has 0 aromatic carbocycles. The van der Waals surface area contributed by atoms with Crippen LogP contribution >= 0.6 is 0 Å². The van der Waals surface area contributed by atoms with Crippen molar-refractivity contribution in [2.45, 2.75) is 12.5 Å². The van der Waals surface area contributed by atoms with Gasteiger partial charge in [0.15, 0.2) is 0 Å². The predicted molar refractivity (Wildman–Crippen MR) is 72.1 cm³/mol. The molecule has 108 valence electrons. The van der Waals surface area contributed by atoms with Crippen molar-refractivity contribution < 1.29 is 14.3 Å². The molecule has 7 heteroatoms. The third kappa shape index (κ3) is 4.33. The minimum absolute atomic E-state index is 0.146. The lowest BCUT2D eigenvalue weighted by Crippen LogP contribution is -2.41. The summed E-state index contributed by atoms with van der Waals surface area (Å²) in [5.41, 5.74) is 0. The van der Waals surface area contributed by atoms with Crippen LogP contribution in [0.1, 0.15) is 6.42 Å². The molecule has 2 rings (SSSR count). The smallest absolute Gasteiger partial charge is 0.430 e. The number of carbonyl (C=O) groups is 1. The SMILES string of the molecule is N#CC=CC/C=N/N1CC(CN2CCOCC2)OC1=O. The average Bonchev–Trinajstić information content (AvgIpc) is 2.80. The zero-order valence-electron chi connectivity index (χ0n) is 11.3. The Labute approximate surface area is 118 Å². The van der Waals surface area contributed by atoms with E-state index in [2.05, 4.69) is 10.0 Å². The summed E-state index contributed by atoms with van der Waals surface area (Å²) in [7, 11) is 0. The number of carbonyl (C=O) groups excluding carboxylic acids is 1. The Kier molecular flexibility index (Phi) is 5.53. The van der Waals surface area contributed by atoms with E-state index in [0.29, 0.717) is 13.0 Å². The number of ether oxygens (including phenoxy) is 2. The van der Waals surface area contributed by atoms with Gasteiger partial charge in [0, 0.05) is 38.3 Å². The van der Waals surface area contributed by atoms with Crippen LogP contribution in [0.4, 0.5) is 4.79 Å². The van der Waals surface area contributed by atoms with E-state index in [1.54, 1.807) is 12.3 Å². The van der Waals surface area contributed by atoms with Crippen molar-refractivity contribution in [1.29, 1.82) is 5.26 Å². The number of nitriles is 1. The highest BCUT2D eigenvalue weighted by molar-refractivity contribution is 5.71. The first-order chi connectivity index (χ1) is 9.79. The van der Waals surface area contributed by atoms with E-state index < -0.39 is 6.09 Å². The molecular formula is C13H18N4O3. The van der Waals surface area contributed by atoms with E-state index in [9.17, 15) is 4.79 Å². The van der Waals surface area contributed by atoms with Crippen molar-refractivity contribution in [3.05, 3.63) is 12.2 Å². The number of rotatable bonds is 5. The fourth-order valence-corrected chi connectivity index (χ4v) is 2.10. The number of amides is 1. The number of allylic oxidation sites excluding steroid dienone is 2. The van der Waals surface area contributed by atoms with Crippen LogP contribution in [-0.4, -0.2) is 67.7 Å². The summed E-state index contributed by atoms with van der Waals surface area (Å²) in [4.78, 5) is 13.8. The Morgan fingerprint density at radius 3 is 3.00 bits per heavy atom. The second-order valence-electron chi connectivity index (χ2n) is 4.57. The van der Waals surface area contributed by atoms with Crippen LogP contribution in [0.3, 0.4) is 0 Å². The molecular weight excluding hydrogens is 260 g/mol. The topological polar surface area (TPSA) is 78.2 Å². The normalized spacial score (nSPS) is 24.4. The molecule has 1 unspecified atom stereocenters. The maximum absolute atomic E-state index is 11.6.